The highest BCUT2D eigenvalue weighted by Crippen LogP contribution is 2.10. The van der Waals surface area contributed by atoms with Crippen molar-refractivity contribution in [1.29, 1.82) is 0 Å². The van der Waals surface area contributed by atoms with E-state index in [4.69, 9.17) is 9.47 Å². The third-order valence-corrected chi connectivity index (χ3v) is 3.07. The van der Waals surface area contributed by atoms with Crippen LogP contribution in [0.5, 0.6) is 0 Å². The molecule has 118 valence electrons. The van der Waals surface area contributed by atoms with Gasteiger partial charge in [0.2, 0.25) is 0 Å². The largest absolute Gasteiger partial charge is 0.355 e. The lowest BCUT2D eigenvalue weighted by Gasteiger charge is -2.28. The predicted molar refractivity (Wildman–Crippen MR) is 77.2 cm³/mol. The zero-order valence-corrected chi connectivity index (χ0v) is 12.6. The SMILES string of the molecule is CNCC(N(Cc1cccnc1)CC(OC)OC)[N+](=O)[O-]. The smallest absolute Gasteiger partial charge is 0.281 e. The van der Waals surface area contributed by atoms with Crippen LogP contribution in [-0.4, -0.2) is 61.6 Å². The zero-order valence-electron chi connectivity index (χ0n) is 12.6. The Morgan fingerprint density at radius 1 is 1.48 bits per heavy atom. The lowest BCUT2D eigenvalue weighted by atomic mass is 10.2. The van der Waals surface area contributed by atoms with Crippen LogP contribution in [0.2, 0.25) is 0 Å². The standard InChI is InChI=1S/C13H22N4O4/c1-14-8-12(17(18)19)16(10-13(20-2)21-3)9-11-5-4-6-15-7-11/h4-7,12-14H,8-10H2,1-3H3. The van der Waals surface area contributed by atoms with Gasteiger partial charge in [0.15, 0.2) is 6.29 Å². The second kappa shape index (κ2) is 9.35. The molecule has 1 aromatic heterocycles. The Morgan fingerprint density at radius 3 is 2.67 bits per heavy atom. The number of nitro groups is 1. The van der Waals surface area contributed by atoms with E-state index >= 15 is 0 Å². The third kappa shape index (κ3) is 5.72. The molecular weight excluding hydrogens is 276 g/mol. The number of nitrogens with zero attached hydrogens (tertiary/aromatic N) is 3. The Bertz CT molecular complexity index is 414. The second-order valence-electron chi connectivity index (χ2n) is 4.52. The van der Waals surface area contributed by atoms with Crippen LogP contribution in [-0.2, 0) is 16.0 Å². The van der Waals surface area contributed by atoms with Crippen molar-refractivity contribution in [3.8, 4) is 0 Å². The van der Waals surface area contributed by atoms with E-state index < -0.39 is 12.5 Å². The number of hydrogen-bond donors (Lipinski definition) is 1. The first-order valence-electron chi connectivity index (χ1n) is 6.59. The highest BCUT2D eigenvalue weighted by molar-refractivity contribution is 5.08. The Balaban J connectivity index is 2.89. The van der Waals surface area contributed by atoms with Crippen LogP contribution in [0.25, 0.3) is 0 Å². The molecule has 0 aromatic carbocycles. The van der Waals surface area contributed by atoms with Gasteiger partial charge in [-0.05, 0) is 18.7 Å². The van der Waals surface area contributed by atoms with Gasteiger partial charge >= 0.3 is 0 Å². The quantitative estimate of drug-likeness (QED) is 0.378. The van der Waals surface area contributed by atoms with Crippen LogP contribution >= 0.6 is 0 Å². The van der Waals surface area contributed by atoms with Gasteiger partial charge in [-0.2, -0.15) is 0 Å². The Kier molecular flexibility index (Phi) is 7.76. The maximum absolute atomic E-state index is 11.3. The number of methoxy groups -OCH3 is 2. The fourth-order valence-corrected chi connectivity index (χ4v) is 1.97. The van der Waals surface area contributed by atoms with E-state index in [1.165, 1.54) is 14.2 Å². The van der Waals surface area contributed by atoms with E-state index in [2.05, 4.69) is 10.3 Å². The van der Waals surface area contributed by atoms with E-state index in [9.17, 15) is 10.1 Å². The number of likely N-dealkylation sites (N-methyl/N-ethyl adjacent to an activating group) is 1. The summed E-state index contributed by atoms with van der Waals surface area (Å²) in [5.74, 6) is 0. The summed E-state index contributed by atoms with van der Waals surface area (Å²) in [7, 11) is 4.70. The van der Waals surface area contributed by atoms with Crippen molar-refractivity contribution in [2.24, 2.45) is 0 Å². The summed E-state index contributed by atoms with van der Waals surface area (Å²) in [6.45, 7) is 0.910. The van der Waals surface area contributed by atoms with Crippen LogP contribution in [0.15, 0.2) is 24.5 Å². The van der Waals surface area contributed by atoms with E-state index in [0.29, 0.717) is 6.54 Å². The van der Waals surface area contributed by atoms with Crippen LogP contribution in [0.4, 0.5) is 0 Å². The van der Waals surface area contributed by atoms with Gasteiger partial charge < -0.3 is 14.8 Å². The van der Waals surface area contributed by atoms with Crippen molar-refractivity contribution in [2.75, 3.05) is 34.4 Å². The second-order valence-corrected chi connectivity index (χ2v) is 4.52. The highest BCUT2D eigenvalue weighted by Gasteiger charge is 2.30. The predicted octanol–water partition coefficient (Wildman–Crippen LogP) is 0.325. The molecule has 0 bridgehead atoms. The molecule has 0 fully saturated rings. The van der Waals surface area contributed by atoms with Crippen molar-refractivity contribution in [3.63, 3.8) is 0 Å². The molecule has 0 aliphatic carbocycles. The summed E-state index contributed by atoms with van der Waals surface area (Å²) in [4.78, 5) is 16.7. The van der Waals surface area contributed by atoms with Crippen LogP contribution in [0, 0.1) is 10.1 Å². The summed E-state index contributed by atoms with van der Waals surface area (Å²) in [6, 6.07) is 3.68. The van der Waals surface area contributed by atoms with Gasteiger partial charge in [-0.25, -0.2) is 4.90 Å². The Morgan fingerprint density at radius 2 is 2.19 bits per heavy atom. The van der Waals surface area contributed by atoms with Gasteiger partial charge in [0.25, 0.3) is 6.17 Å². The number of rotatable bonds is 10. The summed E-state index contributed by atoms with van der Waals surface area (Å²) in [5, 5.41) is 14.1. The molecule has 0 spiro atoms. The summed E-state index contributed by atoms with van der Waals surface area (Å²) in [6.07, 6.45) is 1.96. The maximum atomic E-state index is 11.3. The molecule has 1 aromatic rings. The van der Waals surface area contributed by atoms with Gasteiger partial charge in [0.05, 0.1) is 13.1 Å². The Labute approximate surface area is 124 Å². The minimum Gasteiger partial charge on any atom is -0.355 e. The average molecular weight is 298 g/mol. The van der Waals surface area contributed by atoms with E-state index in [-0.39, 0.29) is 18.0 Å². The van der Waals surface area contributed by atoms with Crippen molar-refractivity contribution in [2.45, 2.75) is 19.0 Å². The minimum atomic E-state index is -0.872. The van der Waals surface area contributed by atoms with E-state index in [1.807, 2.05) is 6.07 Å². The summed E-state index contributed by atoms with van der Waals surface area (Å²) >= 11 is 0. The molecule has 1 N–H and O–H groups in total. The molecule has 0 aliphatic heterocycles. The molecule has 0 amide bonds. The fraction of sp³-hybridized carbons (Fsp3) is 0.615. The highest BCUT2D eigenvalue weighted by atomic mass is 16.7. The number of ether oxygens (including phenoxy) is 2. The monoisotopic (exact) mass is 298 g/mol. The maximum Gasteiger partial charge on any atom is 0.281 e. The lowest BCUT2D eigenvalue weighted by Crippen LogP contribution is -2.49. The van der Waals surface area contributed by atoms with Crippen LogP contribution in [0.1, 0.15) is 5.56 Å². The molecule has 0 radical (unpaired) electrons. The first-order valence-corrected chi connectivity index (χ1v) is 6.59. The number of aromatic nitrogens is 1. The van der Waals surface area contributed by atoms with Crippen molar-refractivity contribution < 1.29 is 14.4 Å². The van der Waals surface area contributed by atoms with Gasteiger partial charge in [0.1, 0.15) is 0 Å². The Hall–Kier alpha value is -1.61. The van der Waals surface area contributed by atoms with Crippen LogP contribution < -0.4 is 5.32 Å². The summed E-state index contributed by atoms with van der Waals surface area (Å²) in [5.41, 5.74) is 0.895. The summed E-state index contributed by atoms with van der Waals surface area (Å²) < 4.78 is 10.3. The molecule has 21 heavy (non-hydrogen) atoms. The van der Waals surface area contributed by atoms with Crippen molar-refractivity contribution in [1.82, 2.24) is 15.2 Å². The molecule has 0 saturated heterocycles. The minimum absolute atomic E-state index is 0.230. The molecule has 1 rings (SSSR count). The first kappa shape index (κ1) is 17.4. The molecule has 0 aliphatic rings. The van der Waals surface area contributed by atoms with Gasteiger partial charge in [0, 0.05) is 38.1 Å². The van der Waals surface area contributed by atoms with Gasteiger partial charge in [-0.3, -0.25) is 15.1 Å². The van der Waals surface area contributed by atoms with Crippen LogP contribution in [0.3, 0.4) is 0 Å². The number of hydrogen-bond acceptors (Lipinski definition) is 7. The van der Waals surface area contributed by atoms with Crippen molar-refractivity contribution >= 4 is 0 Å². The first-order chi connectivity index (χ1) is 10.1. The lowest BCUT2D eigenvalue weighted by molar-refractivity contribution is -0.550. The molecule has 8 heteroatoms. The number of pyridine rings is 1. The molecule has 1 atom stereocenters. The molecule has 1 unspecified atom stereocenters. The third-order valence-electron chi connectivity index (χ3n) is 3.07. The van der Waals surface area contributed by atoms with E-state index in [1.54, 1.807) is 30.4 Å². The van der Waals surface area contributed by atoms with E-state index in [0.717, 1.165) is 5.56 Å². The van der Waals surface area contributed by atoms with Crippen molar-refractivity contribution in [3.05, 3.63) is 40.2 Å². The average Bonchev–Trinajstić information content (AvgIpc) is 2.50. The molecular formula is C13H22N4O4. The topological polar surface area (TPSA) is 89.8 Å². The molecule has 0 saturated carbocycles. The zero-order chi connectivity index (χ0) is 15.7. The van der Waals surface area contributed by atoms with Gasteiger partial charge in [-0.15, -0.1) is 0 Å². The number of nitrogens with one attached hydrogen (secondary N) is 1. The normalized spacial score (nSPS) is 12.8. The van der Waals surface area contributed by atoms with Gasteiger partial charge in [-0.1, -0.05) is 6.07 Å². The fourth-order valence-electron chi connectivity index (χ4n) is 1.97. The molecule has 1 heterocycles. The molecule has 8 nitrogen and oxygen atoms in total.